The summed E-state index contributed by atoms with van der Waals surface area (Å²) in [7, 11) is 5.98. The van der Waals surface area contributed by atoms with Gasteiger partial charge in [0.05, 0.1) is 6.54 Å². The van der Waals surface area contributed by atoms with Crippen LogP contribution in [0.3, 0.4) is 0 Å². The molecule has 2 N–H and O–H groups in total. The van der Waals surface area contributed by atoms with E-state index in [1.54, 1.807) is 7.05 Å². The van der Waals surface area contributed by atoms with Crippen LogP contribution in [-0.4, -0.2) is 50.6 Å². The summed E-state index contributed by atoms with van der Waals surface area (Å²) >= 11 is 0. The van der Waals surface area contributed by atoms with Gasteiger partial charge in [0, 0.05) is 19.1 Å². The lowest BCUT2D eigenvalue weighted by atomic mass is 9.75. The molecule has 2 unspecified atom stereocenters. The molecule has 2 atom stereocenters. The van der Waals surface area contributed by atoms with Crippen molar-refractivity contribution in [3.05, 3.63) is 0 Å². The van der Waals surface area contributed by atoms with Gasteiger partial charge in [0.25, 0.3) is 0 Å². The molecule has 1 saturated carbocycles. The highest BCUT2D eigenvalue weighted by Gasteiger charge is 2.36. The highest BCUT2D eigenvalue weighted by molar-refractivity contribution is 5.77. The predicted molar refractivity (Wildman–Crippen MR) is 71.0 cm³/mol. The molecule has 1 fully saturated rings. The molecule has 100 valence electrons. The smallest absolute Gasteiger partial charge is 0.233 e. The van der Waals surface area contributed by atoms with E-state index in [0.29, 0.717) is 6.54 Å². The van der Waals surface area contributed by atoms with Crippen molar-refractivity contribution in [2.75, 3.05) is 34.2 Å². The van der Waals surface area contributed by atoms with Gasteiger partial charge in [-0.1, -0.05) is 19.8 Å². The van der Waals surface area contributed by atoms with Crippen molar-refractivity contribution < 1.29 is 4.79 Å². The third-order valence-electron chi connectivity index (χ3n) is 4.03. The highest BCUT2D eigenvalue weighted by atomic mass is 16.1. The molecule has 0 spiro atoms. The van der Waals surface area contributed by atoms with Gasteiger partial charge in [0.2, 0.25) is 5.91 Å². The van der Waals surface area contributed by atoms with Gasteiger partial charge >= 0.3 is 0 Å². The molecule has 17 heavy (non-hydrogen) atoms. The zero-order chi connectivity index (χ0) is 12.9. The molecule has 0 saturated heterocycles. The lowest BCUT2D eigenvalue weighted by molar-refractivity contribution is -0.119. The minimum absolute atomic E-state index is 0.0581. The van der Waals surface area contributed by atoms with E-state index in [1.807, 2.05) is 0 Å². The number of carbonyl (C=O) groups is 1. The third kappa shape index (κ3) is 3.96. The average Bonchev–Trinajstić information content (AvgIpc) is 2.28. The number of hydrogen-bond donors (Lipinski definition) is 2. The fourth-order valence-corrected chi connectivity index (χ4v) is 2.85. The number of rotatable bonds is 5. The van der Waals surface area contributed by atoms with E-state index in [2.05, 4.69) is 36.6 Å². The summed E-state index contributed by atoms with van der Waals surface area (Å²) in [4.78, 5) is 13.5. The van der Waals surface area contributed by atoms with Gasteiger partial charge in [-0.15, -0.1) is 0 Å². The quantitative estimate of drug-likeness (QED) is 0.749. The number of nitrogens with one attached hydrogen (secondary N) is 2. The molecule has 0 aromatic rings. The van der Waals surface area contributed by atoms with Gasteiger partial charge in [0.1, 0.15) is 0 Å². The number of carbonyl (C=O) groups excluding carboxylic acids is 1. The highest BCUT2D eigenvalue weighted by Crippen LogP contribution is 2.35. The number of hydrogen-bond acceptors (Lipinski definition) is 3. The first-order chi connectivity index (χ1) is 8.00. The van der Waals surface area contributed by atoms with Crippen molar-refractivity contribution in [2.24, 2.45) is 5.92 Å². The normalized spacial score (nSPS) is 29.4. The van der Waals surface area contributed by atoms with Crippen LogP contribution in [0.4, 0.5) is 0 Å². The minimum atomic E-state index is 0.0581. The Labute approximate surface area is 105 Å². The summed E-state index contributed by atoms with van der Waals surface area (Å²) in [6.45, 7) is 3.65. The molecule has 4 nitrogen and oxygen atoms in total. The van der Waals surface area contributed by atoms with Crippen LogP contribution in [0.25, 0.3) is 0 Å². The van der Waals surface area contributed by atoms with Crippen molar-refractivity contribution in [3.63, 3.8) is 0 Å². The van der Waals surface area contributed by atoms with Crippen molar-refractivity contribution in [1.82, 2.24) is 15.5 Å². The van der Waals surface area contributed by atoms with Crippen LogP contribution in [0.1, 0.15) is 32.6 Å². The van der Waals surface area contributed by atoms with Crippen molar-refractivity contribution in [3.8, 4) is 0 Å². The molecule has 0 radical (unpaired) electrons. The van der Waals surface area contributed by atoms with Crippen LogP contribution in [-0.2, 0) is 4.79 Å². The molecule has 1 amide bonds. The zero-order valence-corrected chi connectivity index (χ0v) is 11.7. The largest absolute Gasteiger partial charge is 0.358 e. The molecule has 0 bridgehead atoms. The summed E-state index contributed by atoms with van der Waals surface area (Å²) in [5.41, 5.74) is 0.228. The second-order valence-corrected chi connectivity index (χ2v) is 5.60. The Kier molecular flexibility index (Phi) is 5.40. The number of amides is 1. The Bertz CT molecular complexity index is 255. The molecule has 0 aromatic carbocycles. The fraction of sp³-hybridized carbons (Fsp3) is 0.923. The van der Waals surface area contributed by atoms with Crippen LogP contribution in [0, 0.1) is 5.92 Å². The topological polar surface area (TPSA) is 44.4 Å². The summed E-state index contributed by atoms with van der Waals surface area (Å²) in [6, 6.07) is 0. The third-order valence-corrected chi connectivity index (χ3v) is 4.03. The molecule has 4 heteroatoms. The second kappa shape index (κ2) is 6.36. The Hall–Kier alpha value is -0.610. The molecule has 1 aliphatic rings. The first kappa shape index (κ1) is 14.5. The SMILES string of the molecule is CNC(=O)CNCC1(N(C)C)CCCC(C)C1. The van der Waals surface area contributed by atoms with Crippen molar-refractivity contribution in [1.29, 1.82) is 0 Å². The molecule has 0 aliphatic heterocycles. The standard InChI is InChI=1S/C13H27N3O/c1-11-6-5-7-13(8-11,16(3)4)10-15-9-12(17)14-2/h11,15H,5-10H2,1-4H3,(H,14,17). The summed E-state index contributed by atoms with van der Waals surface area (Å²) < 4.78 is 0. The summed E-state index contributed by atoms with van der Waals surface area (Å²) in [5.74, 6) is 0.843. The van der Waals surface area contributed by atoms with Crippen molar-refractivity contribution >= 4 is 5.91 Å². The Morgan fingerprint density at radius 3 is 2.71 bits per heavy atom. The van der Waals surface area contributed by atoms with Gasteiger partial charge in [-0.2, -0.15) is 0 Å². The number of likely N-dealkylation sites (N-methyl/N-ethyl adjacent to an activating group) is 2. The van der Waals surface area contributed by atoms with E-state index in [1.165, 1.54) is 25.7 Å². The molecule has 0 aromatic heterocycles. The lowest BCUT2D eigenvalue weighted by Gasteiger charge is -2.45. The van der Waals surface area contributed by atoms with Gasteiger partial charge < -0.3 is 15.5 Å². The molecular weight excluding hydrogens is 214 g/mol. The van der Waals surface area contributed by atoms with Gasteiger partial charge in [-0.05, 0) is 32.9 Å². The first-order valence-electron chi connectivity index (χ1n) is 6.59. The monoisotopic (exact) mass is 241 g/mol. The Balaban J connectivity index is 2.50. The van der Waals surface area contributed by atoms with E-state index < -0.39 is 0 Å². The van der Waals surface area contributed by atoms with Crippen LogP contribution < -0.4 is 10.6 Å². The lowest BCUT2D eigenvalue weighted by Crippen LogP contribution is -2.55. The number of nitrogens with zero attached hydrogens (tertiary/aromatic N) is 1. The molecule has 1 aliphatic carbocycles. The fourth-order valence-electron chi connectivity index (χ4n) is 2.85. The van der Waals surface area contributed by atoms with E-state index in [9.17, 15) is 4.79 Å². The first-order valence-corrected chi connectivity index (χ1v) is 6.59. The minimum Gasteiger partial charge on any atom is -0.358 e. The second-order valence-electron chi connectivity index (χ2n) is 5.60. The van der Waals surface area contributed by atoms with Gasteiger partial charge in [0.15, 0.2) is 0 Å². The predicted octanol–water partition coefficient (Wildman–Crippen LogP) is 0.833. The van der Waals surface area contributed by atoms with E-state index in [4.69, 9.17) is 0 Å². The maximum absolute atomic E-state index is 11.2. The van der Waals surface area contributed by atoms with E-state index >= 15 is 0 Å². The van der Waals surface area contributed by atoms with E-state index in [-0.39, 0.29) is 11.4 Å². The summed E-state index contributed by atoms with van der Waals surface area (Å²) in [5, 5.41) is 5.93. The maximum Gasteiger partial charge on any atom is 0.233 e. The Morgan fingerprint density at radius 2 is 2.18 bits per heavy atom. The van der Waals surface area contributed by atoms with Crippen LogP contribution >= 0.6 is 0 Å². The molecular formula is C13H27N3O. The van der Waals surface area contributed by atoms with Gasteiger partial charge in [-0.25, -0.2) is 0 Å². The molecule has 1 rings (SSSR count). The van der Waals surface area contributed by atoms with Crippen LogP contribution in [0.5, 0.6) is 0 Å². The van der Waals surface area contributed by atoms with Crippen LogP contribution in [0.2, 0.25) is 0 Å². The zero-order valence-electron chi connectivity index (χ0n) is 11.7. The van der Waals surface area contributed by atoms with E-state index in [0.717, 1.165) is 12.5 Å². The summed E-state index contributed by atoms with van der Waals surface area (Å²) in [6.07, 6.45) is 5.08. The van der Waals surface area contributed by atoms with Gasteiger partial charge in [-0.3, -0.25) is 4.79 Å². The van der Waals surface area contributed by atoms with Crippen LogP contribution in [0.15, 0.2) is 0 Å². The maximum atomic E-state index is 11.2. The van der Waals surface area contributed by atoms with Crippen molar-refractivity contribution in [2.45, 2.75) is 38.1 Å². The molecule has 0 heterocycles. The average molecular weight is 241 g/mol. The Morgan fingerprint density at radius 1 is 1.47 bits per heavy atom.